The van der Waals surface area contributed by atoms with E-state index >= 15 is 0 Å². The highest BCUT2D eigenvalue weighted by atomic mass is 16.1. The Kier molecular flexibility index (Phi) is 4.98. The topological polar surface area (TPSA) is 69.8 Å². The number of hydrogen-bond acceptors (Lipinski definition) is 3. The molecule has 3 N–H and O–H groups in total. The largest absolute Gasteiger partial charge is 0.347 e. The average Bonchev–Trinajstić information content (AvgIpc) is 2.69. The average molecular weight is 224 g/mol. The molecule has 1 heterocycles. The van der Waals surface area contributed by atoms with Crippen molar-refractivity contribution in [3.05, 3.63) is 18.2 Å². The minimum atomic E-state index is -0.0728. The van der Waals surface area contributed by atoms with E-state index in [0.29, 0.717) is 6.42 Å². The van der Waals surface area contributed by atoms with Crippen molar-refractivity contribution in [2.24, 2.45) is 0 Å². The molecule has 0 spiro atoms. The molecule has 0 radical (unpaired) electrons. The normalized spacial score (nSPS) is 14.4. The molecule has 0 aliphatic heterocycles. The van der Waals surface area contributed by atoms with E-state index in [1.807, 2.05) is 20.8 Å². The van der Waals surface area contributed by atoms with Crippen LogP contribution in [0.15, 0.2) is 12.4 Å². The second-order valence-electron chi connectivity index (χ2n) is 3.93. The second-order valence-corrected chi connectivity index (χ2v) is 3.93. The first-order valence-electron chi connectivity index (χ1n) is 5.65. The highest BCUT2D eigenvalue weighted by Crippen LogP contribution is 2.05. The standard InChI is InChI=1S/C11H20N4O/c1-4-12-8(2)7-10(16)15-9(3)11-13-5-6-14-11/h5-6,8-9,12H,4,7H2,1-3H3,(H,13,14)(H,15,16). The van der Waals surface area contributed by atoms with Crippen molar-refractivity contribution < 1.29 is 4.79 Å². The highest BCUT2D eigenvalue weighted by Gasteiger charge is 2.13. The molecule has 0 bridgehead atoms. The van der Waals surface area contributed by atoms with Gasteiger partial charge in [0.2, 0.25) is 5.91 Å². The number of carbonyl (C=O) groups excluding carboxylic acids is 1. The molecule has 1 amide bonds. The van der Waals surface area contributed by atoms with E-state index < -0.39 is 0 Å². The third kappa shape index (κ3) is 4.02. The van der Waals surface area contributed by atoms with Gasteiger partial charge in [0.15, 0.2) is 0 Å². The van der Waals surface area contributed by atoms with Crippen molar-refractivity contribution in [2.75, 3.05) is 6.54 Å². The van der Waals surface area contributed by atoms with Gasteiger partial charge in [-0.1, -0.05) is 6.92 Å². The van der Waals surface area contributed by atoms with Gasteiger partial charge in [0.1, 0.15) is 5.82 Å². The zero-order valence-corrected chi connectivity index (χ0v) is 10.1. The van der Waals surface area contributed by atoms with Crippen molar-refractivity contribution in [3.63, 3.8) is 0 Å². The van der Waals surface area contributed by atoms with Crippen LogP contribution in [-0.4, -0.2) is 28.5 Å². The van der Waals surface area contributed by atoms with E-state index in [1.165, 1.54) is 0 Å². The maximum atomic E-state index is 11.6. The van der Waals surface area contributed by atoms with Gasteiger partial charge in [-0.3, -0.25) is 4.79 Å². The molecule has 2 atom stereocenters. The summed E-state index contributed by atoms with van der Waals surface area (Å²) in [7, 11) is 0. The van der Waals surface area contributed by atoms with Crippen molar-refractivity contribution >= 4 is 5.91 Å². The summed E-state index contributed by atoms with van der Waals surface area (Å²) in [6.45, 7) is 6.82. The zero-order valence-electron chi connectivity index (χ0n) is 10.1. The zero-order chi connectivity index (χ0) is 12.0. The van der Waals surface area contributed by atoms with Crippen LogP contribution in [-0.2, 0) is 4.79 Å². The summed E-state index contributed by atoms with van der Waals surface area (Å²) in [5, 5.41) is 6.10. The summed E-state index contributed by atoms with van der Waals surface area (Å²) in [6, 6.07) is 0.130. The Morgan fingerprint density at radius 3 is 2.88 bits per heavy atom. The molecule has 0 aromatic carbocycles. The van der Waals surface area contributed by atoms with Crippen molar-refractivity contribution in [1.82, 2.24) is 20.6 Å². The van der Waals surface area contributed by atoms with Gasteiger partial charge in [-0.2, -0.15) is 0 Å². The van der Waals surface area contributed by atoms with E-state index in [4.69, 9.17) is 0 Å². The van der Waals surface area contributed by atoms with Crippen LogP contribution >= 0.6 is 0 Å². The number of aromatic amines is 1. The van der Waals surface area contributed by atoms with Crippen LogP contribution < -0.4 is 10.6 Å². The lowest BCUT2D eigenvalue weighted by Crippen LogP contribution is -2.35. The molecule has 0 aliphatic rings. The maximum Gasteiger partial charge on any atom is 0.222 e. The second kappa shape index (κ2) is 6.27. The Morgan fingerprint density at radius 2 is 2.31 bits per heavy atom. The quantitative estimate of drug-likeness (QED) is 0.674. The fourth-order valence-corrected chi connectivity index (χ4v) is 1.58. The maximum absolute atomic E-state index is 11.6. The first kappa shape index (κ1) is 12.7. The van der Waals surface area contributed by atoms with Crippen LogP contribution in [0.4, 0.5) is 0 Å². The Morgan fingerprint density at radius 1 is 1.56 bits per heavy atom. The van der Waals surface area contributed by atoms with E-state index in [0.717, 1.165) is 12.4 Å². The predicted molar refractivity (Wildman–Crippen MR) is 62.9 cm³/mol. The molecular weight excluding hydrogens is 204 g/mol. The van der Waals surface area contributed by atoms with Crippen molar-refractivity contribution in [1.29, 1.82) is 0 Å². The van der Waals surface area contributed by atoms with Gasteiger partial charge in [0.05, 0.1) is 6.04 Å². The molecule has 0 aliphatic carbocycles. The lowest BCUT2D eigenvalue weighted by Gasteiger charge is -2.15. The lowest BCUT2D eigenvalue weighted by molar-refractivity contribution is -0.122. The van der Waals surface area contributed by atoms with Gasteiger partial charge in [-0.15, -0.1) is 0 Å². The van der Waals surface area contributed by atoms with Crippen LogP contribution in [0.3, 0.4) is 0 Å². The molecule has 0 fully saturated rings. The van der Waals surface area contributed by atoms with Gasteiger partial charge in [-0.25, -0.2) is 4.98 Å². The molecule has 90 valence electrons. The molecule has 0 saturated heterocycles. The Balaban J connectivity index is 2.34. The number of nitrogens with one attached hydrogen (secondary N) is 3. The number of nitrogens with zero attached hydrogens (tertiary/aromatic N) is 1. The van der Waals surface area contributed by atoms with Crippen molar-refractivity contribution in [2.45, 2.75) is 39.3 Å². The van der Waals surface area contributed by atoms with E-state index in [-0.39, 0.29) is 18.0 Å². The molecule has 5 nitrogen and oxygen atoms in total. The summed E-state index contributed by atoms with van der Waals surface area (Å²) in [6.07, 6.45) is 3.91. The number of carbonyl (C=O) groups is 1. The number of hydrogen-bond donors (Lipinski definition) is 3. The predicted octanol–water partition coefficient (Wildman–Crippen LogP) is 0.975. The fourth-order valence-electron chi connectivity index (χ4n) is 1.58. The molecule has 1 aromatic rings. The molecule has 16 heavy (non-hydrogen) atoms. The van der Waals surface area contributed by atoms with Gasteiger partial charge < -0.3 is 15.6 Å². The molecule has 0 saturated carbocycles. The third-order valence-corrected chi connectivity index (χ3v) is 2.35. The SMILES string of the molecule is CCNC(C)CC(=O)NC(C)c1ncc[nH]1. The summed E-state index contributed by atoms with van der Waals surface area (Å²) in [5.41, 5.74) is 0. The first-order chi connectivity index (χ1) is 7.63. The minimum absolute atomic E-state index is 0.0392. The summed E-state index contributed by atoms with van der Waals surface area (Å²) >= 11 is 0. The van der Waals surface area contributed by atoms with Crippen LogP contribution in [0.1, 0.15) is 39.1 Å². The number of imidazole rings is 1. The van der Waals surface area contributed by atoms with Crippen LogP contribution in [0.25, 0.3) is 0 Å². The molecule has 2 unspecified atom stereocenters. The minimum Gasteiger partial charge on any atom is -0.347 e. The van der Waals surface area contributed by atoms with E-state index in [1.54, 1.807) is 12.4 Å². The third-order valence-electron chi connectivity index (χ3n) is 2.35. The van der Waals surface area contributed by atoms with Gasteiger partial charge >= 0.3 is 0 Å². The molecular formula is C11H20N4O. The number of aromatic nitrogens is 2. The summed E-state index contributed by atoms with van der Waals surface area (Å²) in [5.74, 6) is 0.821. The number of H-pyrrole nitrogens is 1. The van der Waals surface area contributed by atoms with Gasteiger partial charge in [0, 0.05) is 24.9 Å². The Bertz CT molecular complexity index is 310. The number of rotatable bonds is 6. The van der Waals surface area contributed by atoms with Gasteiger partial charge in [0.25, 0.3) is 0 Å². The molecule has 1 aromatic heterocycles. The van der Waals surface area contributed by atoms with E-state index in [2.05, 4.69) is 20.6 Å². The molecule has 1 rings (SSSR count). The first-order valence-corrected chi connectivity index (χ1v) is 5.65. The summed E-state index contributed by atoms with van der Waals surface area (Å²) < 4.78 is 0. The lowest BCUT2D eigenvalue weighted by atomic mass is 10.2. The summed E-state index contributed by atoms with van der Waals surface area (Å²) in [4.78, 5) is 18.7. The fraction of sp³-hybridized carbons (Fsp3) is 0.636. The Hall–Kier alpha value is -1.36. The van der Waals surface area contributed by atoms with E-state index in [9.17, 15) is 4.79 Å². The monoisotopic (exact) mass is 224 g/mol. The van der Waals surface area contributed by atoms with Crippen LogP contribution in [0.5, 0.6) is 0 Å². The highest BCUT2D eigenvalue weighted by molar-refractivity contribution is 5.76. The van der Waals surface area contributed by atoms with Crippen molar-refractivity contribution in [3.8, 4) is 0 Å². The van der Waals surface area contributed by atoms with Crippen LogP contribution in [0, 0.1) is 0 Å². The number of amides is 1. The molecule has 5 heteroatoms. The smallest absolute Gasteiger partial charge is 0.222 e. The Labute approximate surface area is 96.0 Å². The van der Waals surface area contributed by atoms with Gasteiger partial charge in [-0.05, 0) is 20.4 Å². The van der Waals surface area contributed by atoms with Crippen LogP contribution in [0.2, 0.25) is 0 Å².